The van der Waals surface area contributed by atoms with Crippen molar-refractivity contribution in [1.29, 1.82) is 0 Å². The van der Waals surface area contributed by atoms with Gasteiger partial charge in [0.1, 0.15) is 0 Å². The van der Waals surface area contributed by atoms with Gasteiger partial charge in [0.05, 0.1) is 5.56 Å². The van der Waals surface area contributed by atoms with Crippen LogP contribution in [-0.2, 0) is 6.18 Å². The van der Waals surface area contributed by atoms with E-state index in [1.165, 1.54) is 12.1 Å². The average Bonchev–Trinajstić information content (AvgIpc) is 2.82. The second-order valence-corrected chi connectivity index (χ2v) is 4.41. The Kier molecular flexibility index (Phi) is 2.70. The Hall–Kier alpha value is -2.03. The molecule has 1 radical (unpaired) electrons. The third-order valence-electron chi connectivity index (χ3n) is 3.18. The minimum atomic E-state index is -4.31. The molecule has 3 rings (SSSR count). The molecular weight excluding hydrogens is 249 g/mol. The lowest BCUT2D eigenvalue weighted by atomic mass is 9.98. The molecule has 19 heavy (non-hydrogen) atoms. The van der Waals surface area contributed by atoms with Gasteiger partial charge in [0, 0.05) is 6.42 Å². The van der Waals surface area contributed by atoms with Crippen molar-refractivity contribution >= 4 is 5.57 Å². The van der Waals surface area contributed by atoms with Gasteiger partial charge in [0.2, 0.25) is 0 Å². The van der Waals surface area contributed by atoms with Crippen LogP contribution in [0.3, 0.4) is 0 Å². The Bertz CT molecular complexity index is 651. The average molecular weight is 259 g/mol. The smallest absolute Gasteiger partial charge is 0.166 e. The summed E-state index contributed by atoms with van der Waals surface area (Å²) in [6.07, 6.45) is -0.524. The van der Waals surface area contributed by atoms with Crippen molar-refractivity contribution in [3.63, 3.8) is 0 Å². The van der Waals surface area contributed by atoms with Gasteiger partial charge in [0.25, 0.3) is 0 Å². The summed E-state index contributed by atoms with van der Waals surface area (Å²) in [5.41, 5.74) is 2.82. The number of rotatable bonds is 1. The molecule has 0 nitrogen and oxygen atoms in total. The number of benzene rings is 2. The summed E-state index contributed by atoms with van der Waals surface area (Å²) in [6, 6.07) is 13.1. The molecule has 1 aliphatic carbocycles. The van der Waals surface area contributed by atoms with Crippen LogP contribution in [0.5, 0.6) is 0 Å². The monoisotopic (exact) mass is 259 g/mol. The molecule has 1 aliphatic rings. The first-order valence-corrected chi connectivity index (χ1v) is 5.88. The highest BCUT2D eigenvalue weighted by Crippen LogP contribution is 2.36. The minimum absolute atomic E-state index is 0.594. The molecular formula is C16H10F3. The van der Waals surface area contributed by atoms with Crippen molar-refractivity contribution in [3.8, 4) is 0 Å². The predicted molar refractivity (Wildman–Crippen MR) is 68.4 cm³/mol. The summed E-state index contributed by atoms with van der Waals surface area (Å²) in [6.45, 7) is 0. The lowest BCUT2D eigenvalue weighted by molar-refractivity contribution is -0.137. The lowest BCUT2D eigenvalue weighted by Gasteiger charge is -2.10. The largest absolute Gasteiger partial charge is 0.416 e. The van der Waals surface area contributed by atoms with Gasteiger partial charge in [-0.15, -0.1) is 0 Å². The van der Waals surface area contributed by atoms with Crippen molar-refractivity contribution in [2.24, 2.45) is 0 Å². The normalized spacial score (nSPS) is 14.2. The highest BCUT2D eigenvalue weighted by atomic mass is 19.4. The van der Waals surface area contributed by atoms with Crippen LogP contribution in [0, 0.1) is 6.42 Å². The zero-order valence-electron chi connectivity index (χ0n) is 9.91. The Morgan fingerprint density at radius 3 is 2.42 bits per heavy atom. The van der Waals surface area contributed by atoms with E-state index in [4.69, 9.17) is 0 Å². The van der Waals surface area contributed by atoms with Gasteiger partial charge >= 0.3 is 6.18 Å². The summed E-state index contributed by atoms with van der Waals surface area (Å²) < 4.78 is 38.2. The molecule has 3 heteroatoms. The summed E-state index contributed by atoms with van der Waals surface area (Å²) in [7, 11) is 0. The molecule has 95 valence electrons. The zero-order chi connectivity index (χ0) is 13.5. The highest BCUT2D eigenvalue weighted by Gasteiger charge is 2.30. The molecule has 0 spiro atoms. The van der Waals surface area contributed by atoms with Crippen molar-refractivity contribution in [3.05, 3.63) is 83.3 Å². The molecule has 0 saturated carbocycles. The van der Waals surface area contributed by atoms with Gasteiger partial charge in [-0.1, -0.05) is 42.5 Å². The van der Waals surface area contributed by atoms with Crippen LogP contribution in [0.2, 0.25) is 0 Å². The zero-order valence-corrected chi connectivity index (χ0v) is 9.91. The molecule has 0 atom stereocenters. The van der Waals surface area contributed by atoms with Crippen molar-refractivity contribution in [2.45, 2.75) is 6.18 Å². The van der Waals surface area contributed by atoms with Gasteiger partial charge in [-0.2, -0.15) is 13.2 Å². The highest BCUT2D eigenvalue weighted by molar-refractivity contribution is 5.87. The molecule has 0 fully saturated rings. The van der Waals surface area contributed by atoms with Crippen LogP contribution < -0.4 is 0 Å². The van der Waals surface area contributed by atoms with Gasteiger partial charge in [-0.25, -0.2) is 0 Å². The lowest BCUT2D eigenvalue weighted by Crippen LogP contribution is -2.05. The molecule has 0 unspecified atom stereocenters. The van der Waals surface area contributed by atoms with Gasteiger partial charge in [-0.05, 0) is 34.4 Å². The van der Waals surface area contributed by atoms with E-state index in [1.54, 1.807) is 6.07 Å². The van der Waals surface area contributed by atoms with Crippen LogP contribution in [0.15, 0.2) is 54.6 Å². The van der Waals surface area contributed by atoms with Crippen LogP contribution in [0.4, 0.5) is 13.2 Å². The number of halogens is 3. The Morgan fingerprint density at radius 1 is 0.842 bits per heavy atom. The summed E-state index contributed by atoms with van der Waals surface area (Å²) in [4.78, 5) is 0. The fourth-order valence-corrected chi connectivity index (χ4v) is 2.27. The number of hydrogen-bond acceptors (Lipinski definition) is 0. The molecule has 0 heterocycles. The first-order chi connectivity index (χ1) is 9.05. The Morgan fingerprint density at radius 2 is 1.63 bits per heavy atom. The van der Waals surface area contributed by atoms with E-state index in [1.807, 2.05) is 36.8 Å². The molecule has 0 bridgehead atoms. The number of allylic oxidation sites excluding steroid dienone is 1. The number of hydrogen-bond donors (Lipinski definition) is 0. The predicted octanol–water partition coefficient (Wildman–Crippen LogP) is 4.70. The third-order valence-corrected chi connectivity index (χ3v) is 3.18. The van der Waals surface area contributed by atoms with Gasteiger partial charge < -0.3 is 0 Å². The Labute approximate surface area is 109 Å². The van der Waals surface area contributed by atoms with Crippen molar-refractivity contribution in [2.75, 3.05) is 0 Å². The Balaban J connectivity index is 2.06. The maximum absolute atomic E-state index is 12.7. The maximum Gasteiger partial charge on any atom is 0.416 e. The van der Waals surface area contributed by atoms with E-state index in [2.05, 4.69) is 0 Å². The van der Waals surface area contributed by atoms with E-state index >= 15 is 0 Å². The van der Waals surface area contributed by atoms with Crippen molar-refractivity contribution < 1.29 is 13.2 Å². The SMILES string of the molecule is FC(F)(F)c1cccc(C2=C[CH]c3ccccc32)c1. The van der Waals surface area contributed by atoms with Gasteiger partial charge in [-0.3, -0.25) is 0 Å². The fraction of sp³-hybridized carbons (Fsp3) is 0.0625. The summed E-state index contributed by atoms with van der Waals surface area (Å²) in [5, 5.41) is 0. The molecule has 0 aromatic heterocycles. The standard InChI is InChI=1S/C16H10F3/c17-16(18,19)13-6-3-5-12(10-13)15-9-8-11-4-1-2-7-14(11)15/h1-10H. The van der Waals surface area contributed by atoms with Crippen molar-refractivity contribution in [1.82, 2.24) is 0 Å². The van der Waals surface area contributed by atoms with E-state index < -0.39 is 11.7 Å². The number of fused-ring (bicyclic) bond motifs is 1. The van der Waals surface area contributed by atoms with Crippen LogP contribution in [0.25, 0.3) is 5.57 Å². The van der Waals surface area contributed by atoms with E-state index in [-0.39, 0.29) is 0 Å². The molecule has 0 saturated heterocycles. The second-order valence-electron chi connectivity index (χ2n) is 4.41. The van der Waals surface area contributed by atoms with Crippen LogP contribution >= 0.6 is 0 Å². The first kappa shape index (κ1) is 12.0. The molecule has 0 aliphatic heterocycles. The minimum Gasteiger partial charge on any atom is -0.166 e. The molecule has 0 amide bonds. The first-order valence-electron chi connectivity index (χ1n) is 5.88. The summed E-state index contributed by atoms with van der Waals surface area (Å²) >= 11 is 0. The van der Waals surface area contributed by atoms with E-state index in [0.717, 1.165) is 22.8 Å². The quantitative estimate of drug-likeness (QED) is 0.696. The molecule has 2 aromatic rings. The maximum atomic E-state index is 12.7. The fourth-order valence-electron chi connectivity index (χ4n) is 2.27. The van der Waals surface area contributed by atoms with Crippen LogP contribution in [-0.4, -0.2) is 0 Å². The molecule has 2 aromatic carbocycles. The second kappa shape index (κ2) is 4.26. The van der Waals surface area contributed by atoms with Crippen LogP contribution in [0.1, 0.15) is 22.3 Å². The van der Waals surface area contributed by atoms with E-state index in [0.29, 0.717) is 5.56 Å². The molecule has 0 N–H and O–H groups in total. The topological polar surface area (TPSA) is 0 Å². The number of alkyl halides is 3. The third kappa shape index (κ3) is 2.16. The van der Waals surface area contributed by atoms with E-state index in [9.17, 15) is 13.2 Å². The van der Waals surface area contributed by atoms with Gasteiger partial charge in [0.15, 0.2) is 0 Å². The summed E-state index contributed by atoms with van der Waals surface area (Å²) in [5.74, 6) is 0.